The molecule has 0 saturated heterocycles. The summed E-state index contributed by atoms with van der Waals surface area (Å²) in [6.45, 7) is 0. The maximum Gasteiger partial charge on any atom is 0.194 e. The molecule has 0 aliphatic carbocycles. The predicted octanol–water partition coefficient (Wildman–Crippen LogP) is 2.14. The second kappa shape index (κ2) is 2.88. The molecule has 0 saturated carbocycles. The normalized spacial score (nSPS) is 10.5. The van der Waals surface area contributed by atoms with Crippen LogP contribution >= 0.6 is 15.9 Å². The molecule has 0 unspecified atom stereocenters. The van der Waals surface area contributed by atoms with Gasteiger partial charge in [0.1, 0.15) is 5.58 Å². The van der Waals surface area contributed by atoms with Crippen molar-refractivity contribution < 1.29 is 4.42 Å². The lowest BCUT2D eigenvalue weighted by molar-refractivity contribution is 0.624. The Hall–Kier alpha value is -1.29. The molecule has 1 aromatic heterocycles. The standard InChI is InChI=1S/C9H6BrNO2/c10-5-1-2-6-7(12)4-9(11)13-8(6)3-5/h1-4H,11H2. The van der Waals surface area contributed by atoms with Crippen molar-refractivity contribution in [2.75, 3.05) is 5.73 Å². The van der Waals surface area contributed by atoms with E-state index >= 15 is 0 Å². The third kappa shape index (κ3) is 1.45. The first-order valence-electron chi connectivity index (χ1n) is 3.66. The Morgan fingerprint density at radius 3 is 2.85 bits per heavy atom. The Bertz CT molecular complexity index is 513. The van der Waals surface area contributed by atoms with Gasteiger partial charge in [-0.15, -0.1) is 0 Å². The first-order valence-corrected chi connectivity index (χ1v) is 4.45. The van der Waals surface area contributed by atoms with E-state index in [0.717, 1.165) is 4.47 Å². The molecular formula is C9H6BrNO2. The summed E-state index contributed by atoms with van der Waals surface area (Å²) < 4.78 is 6.03. The molecule has 0 spiro atoms. The van der Waals surface area contributed by atoms with Crippen LogP contribution < -0.4 is 11.2 Å². The van der Waals surface area contributed by atoms with Crippen LogP contribution in [-0.2, 0) is 0 Å². The minimum Gasteiger partial charge on any atom is -0.441 e. The fourth-order valence-corrected chi connectivity index (χ4v) is 1.49. The molecule has 1 aromatic carbocycles. The Balaban J connectivity index is 2.95. The Labute approximate surface area is 82.3 Å². The van der Waals surface area contributed by atoms with Crippen molar-refractivity contribution in [3.05, 3.63) is 39.0 Å². The van der Waals surface area contributed by atoms with Gasteiger partial charge < -0.3 is 10.2 Å². The van der Waals surface area contributed by atoms with Crippen LogP contribution in [-0.4, -0.2) is 0 Å². The topological polar surface area (TPSA) is 56.2 Å². The van der Waals surface area contributed by atoms with E-state index in [2.05, 4.69) is 15.9 Å². The second-order valence-electron chi connectivity index (χ2n) is 2.65. The van der Waals surface area contributed by atoms with E-state index in [4.69, 9.17) is 10.2 Å². The van der Waals surface area contributed by atoms with Crippen molar-refractivity contribution in [3.8, 4) is 0 Å². The van der Waals surface area contributed by atoms with E-state index in [-0.39, 0.29) is 11.3 Å². The predicted molar refractivity (Wildman–Crippen MR) is 54.6 cm³/mol. The molecule has 2 aromatic rings. The summed E-state index contributed by atoms with van der Waals surface area (Å²) >= 11 is 3.28. The number of fused-ring (bicyclic) bond motifs is 1. The first-order chi connectivity index (χ1) is 6.16. The first kappa shape index (κ1) is 8.31. The Morgan fingerprint density at radius 1 is 1.31 bits per heavy atom. The summed E-state index contributed by atoms with van der Waals surface area (Å²) in [5, 5.41) is 0.539. The third-order valence-electron chi connectivity index (χ3n) is 1.71. The summed E-state index contributed by atoms with van der Waals surface area (Å²) in [7, 11) is 0. The largest absolute Gasteiger partial charge is 0.441 e. The van der Waals surface area contributed by atoms with Crippen LogP contribution in [0.15, 0.2) is 37.9 Å². The number of benzene rings is 1. The van der Waals surface area contributed by atoms with Gasteiger partial charge in [0.05, 0.1) is 5.39 Å². The molecule has 0 aliphatic rings. The molecule has 2 N–H and O–H groups in total. The van der Waals surface area contributed by atoms with Crippen molar-refractivity contribution in [1.29, 1.82) is 0 Å². The van der Waals surface area contributed by atoms with Gasteiger partial charge in [0, 0.05) is 10.5 Å². The fraction of sp³-hybridized carbons (Fsp3) is 0. The highest BCUT2D eigenvalue weighted by molar-refractivity contribution is 9.10. The minimum atomic E-state index is -0.119. The van der Waals surface area contributed by atoms with Gasteiger partial charge >= 0.3 is 0 Å². The van der Waals surface area contributed by atoms with Crippen LogP contribution in [0.2, 0.25) is 0 Å². The van der Waals surface area contributed by atoms with Crippen LogP contribution in [0.3, 0.4) is 0 Å². The Morgan fingerprint density at radius 2 is 2.08 bits per heavy atom. The molecule has 0 radical (unpaired) electrons. The SMILES string of the molecule is Nc1cc(=O)c2ccc(Br)cc2o1. The van der Waals surface area contributed by atoms with Crippen LogP contribution in [0.1, 0.15) is 0 Å². The molecule has 0 bridgehead atoms. The maximum atomic E-state index is 11.4. The number of halogens is 1. The van der Waals surface area contributed by atoms with Crippen molar-refractivity contribution in [2.45, 2.75) is 0 Å². The highest BCUT2D eigenvalue weighted by Gasteiger charge is 2.02. The molecule has 66 valence electrons. The number of anilines is 1. The smallest absolute Gasteiger partial charge is 0.194 e. The highest BCUT2D eigenvalue weighted by atomic mass is 79.9. The molecular weight excluding hydrogens is 234 g/mol. The molecule has 0 aliphatic heterocycles. The zero-order chi connectivity index (χ0) is 9.42. The average molecular weight is 240 g/mol. The molecule has 13 heavy (non-hydrogen) atoms. The average Bonchev–Trinajstić information content (AvgIpc) is 2.02. The van der Waals surface area contributed by atoms with E-state index in [0.29, 0.717) is 11.0 Å². The van der Waals surface area contributed by atoms with E-state index in [1.165, 1.54) is 6.07 Å². The molecule has 0 atom stereocenters. The van der Waals surface area contributed by atoms with Gasteiger partial charge in [-0.25, -0.2) is 0 Å². The number of rotatable bonds is 0. The zero-order valence-corrected chi connectivity index (χ0v) is 8.17. The molecule has 1 heterocycles. The van der Waals surface area contributed by atoms with E-state index in [1.807, 2.05) is 0 Å². The molecule has 0 fully saturated rings. The van der Waals surface area contributed by atoms with Crippen LogP contribution in [0.4, 0.5) is 5.88 Å². The summed E-state index contributed by atoms with van der Waals surface area (Å²) in [4.78, 5) is 11.4. The van der Waals surface area contributed by atoms with Gasteiger partial charge in [-0.2, -0.15) is 0 Å². The minimum absolute atomic E-state index is 0.119. The van der Waals surface area contributed by atoms with E-state index in [1.54, 1.807) is 18.2 Å². The zero-order valence-electron chi connectivity index (χ0n) is 6.58. The summed E-state index contributed by atoms with van der Waals surface area (Å²) in [6.07, 6.45) is 0. The van der Waals surface area contributed by atoms with Crippen LogP contribution in [0.5, 0.6) is 0 Å². The lowest BCUT2D eigenvalue weighted by Crippen LogP contribution is -2.01. The molecule has 2 rings (SSSR count). The van der Waals surface area contributed by atoms with E-state index < -0.39 is 0 Å². The van der Waals surface area contributed by atoms with Gasteiger partial charge in [0.15, 0.2) is 11.3 Å². The number of hydrogen-bond donors (Lipinski definition) is 1. The maximum absolute atomic E-state index is 11.4. The van der Waals surface area contributed by atoms with Crippen LogP contribution in [0, 0.1) is 0 Å². The van der Waals surface area contributed by atoms with Gasteiger partial charge in [-0.1, -0.05) is 15.9 Å². The second-order valence-corrected chi connectivity index (χ2v) is 3.57. The summed E-state index contributed by atoms with van der Waals surface area (Å²) in [5.74, 6) is 0.135. The Kier molecular flexibility index (Phi) is 1.84. The third-order valence-corrected chi connectivity index (χ3v) is 2.20. The number of nitrogens with two attached hydrogens (primary N) is 1. The van der Waals surface area contributed by atoms with Gasteiger partial charge in [-0.3, -0.25) is 4.79 Å². The molecule has 0 amide bonds. The monoisotopic (exact) mass is 239 g/mol. The van der Waals surface area contributed by atoms with Gasteiger partial charge in [0.25, 0.3) is 0 Å². The van der Waals surface area contributed by atoms with Crippen molar-refractivity contribution in [1.82, 2.24) is 0 Å². The highest BCUT2D eigenvalue weighted by Crippen LogP contribution is 2.18. The van der Waals surface area contributed by atoms with Crippen molar-refractivity contribution in [2.24, 2.45) is 0 Å². The quantitative estimate of drug-likeness (QED) is 0.767. The molecule has 3 nitrogen and oxygen atoms in total. The summed E-state index contributed by atoms with van der Waals surface area (Å²) in [5.41, 5.74) is 5.77. The molecule has 4 heteroatoms. The van der Waals surface area contributed by atoms with Crippen molar-refractivity contribution >= 4 is 32.8 Å². The summed E-state index contributed by atoms with van der Waals surface area (Å²) in [6, 6.07) is 6.48. The van der Waals surface area contributed by atoms with Crippen molar-refractivity contribution in [3.63, 3.8) is 0 Å². The van der Waals surface area contributed by atoms with E-state index in [9.17, 15) is 4.79 Å². The lowest BCUT2D eigenvalue weighted by Gasteiger charge is -1.97. The number of hydrogen-bond acceptors (Lipinski definition) is 3. The van der Waals surface area contributed by atoms with Gasteiger partial charge in [0.2, 0.25) is 0 Å². The van der Waals surface area contributed by atoms with Crippen LogP contribution in [0.25, 0.3) is 11.0 Å². The number of nitrogen functional groups attached to an aromatic ring is 1. The lowest BCUT2D eigenvalue weighted by atomic mass is 10.2. The fourth-order valence-electron chi connectivity index (χ4n) is 1.15. The van der Waals surface area contributed by atoms with Gasteiger partial charge in [-0.05, 0) is 18.2 Å².